The standard InChI is InChI=1S/C49H49F6N3/c1-44(2,3)27-15-19-38-33(21-27)31-17-13-29(46(7,8)9)23-40(31)57(38)42-35(26-56)43(37(49(53,54)55)25-36(42)48(50,51)52)58-39-20-16-28(45(4,5)6)22-34(39)32-18-14-30(24-41(32)58)47(10,11)12/h13-25H,1-12H3. The van der Waals surface area contributed by atoms with Gasteiger partial charge in [-0.2, -0.15) is 31.6 Å². The van der Waals surface area contributed by atoms with Gasteiger partial charge in [0.05, 0.1) is 44.6 Å². The molecule has 58 heavy (non-hydrogen) atoms. The number of hydrogen-bond donors (Lipinski definition) is 0. The lowest BCUT2D eigenvalue weighted by molar-refractivity contribution is -0.142. The van der Waals surface area contributed by atoms with Gasteiger partial charge in [0.25, 0.3) is 0 Å². The quantitative estimate of drug-likeness (QED) is 0.161. The predicted octanol–water partition coefficient (Wildman–Crippen LogP) is 15.0. The Hall–Kier alpha value is -5.23. The maximum Gasteiger partial charge on any atom is 0.418 e. The van der Waals surface area contributed by atoms with Crippen LogP contribution >= 0.6 is 0 Å². The lowest BCUT2D eigenvalue weighted by Gasteiger charge is -2.26. The second-order valence-corrected chi connectivity index (χ2v) is 19.7. The molecule has 2 heterocycles. The Morgan fingerprint density at radius 1 is 0.397 bits per heavy atom. The van der Waals surface area contributed by atoms with Crippen molar-refractivity contribution in [3.05, 3.63) is 118 Å². The minimum absolute atomic E-state index is 0.203. The summed E-state index contributed by atoms with van der Waals surface area (Å²) in [5, 5.41) is 13.7. The molecule has 0 aliphatic heterocycles. The largest absolute Gasteiger partial charge is 0.418 e. The van der Waals surface area contributed by atoms with E-state index in [2.05, 4.69) is 0 Å². The van der Waals surface area contributed by atoms with Crippen molar-refractivity contribution in [3.8, 4) is 17.4 Å². The molecule has 0 unspecified atom stereocenters. The van der Waals surface area contributed by atoms with Gasteiger partial charge in [-0.05, 0) is 86.4 Å². The van der Waals surface area contributed by atoms with Gasteiger partial charge in [0.15, 0.2) is 0 Å². The van der Waals surface area contributed by atoms with Gasteiger partial charge in [-0.1, -0.05) is 119 Å². The van der Waals surface area contributed by atoms with Crippen LogP contribution in [0.4, 0.5) is 26.3 Å². The molecule has 9 heteroatoms. The van der Waals surface area contributed by atoms with E-state index in [9.17, 15) is 5.26 Å². The lowest BCUT2D eigenvalue weighted by Crippen LogP contribution is -2.20. The molecule has 302 valence electrons. The van der Waals surface area contributed by atoms with Crippen LogP contribution in [-0.4, -0.2) is 9.13 Å². The highest BCUT2D eigenvalue weighted by molar-refractivity contribution is 6.12. The SMILES string of the molecule is CC(C)(C)c1ccc2c(c1)c1ccc(C(C)(C)C)cc1n2-c1c(C(F)(F)F)cc(C(F)(F)F)c(-n2c3ccc(C(C)(C)C)cc3c3ccc(C(C)(C)C)cc32)c1C#N. The molecule has 0 bridgehead atoms. The molecule has 0 atom stereocenters. The van der Waals surface area contributed by atoms with E-state index in [4.69, 9.17) is 0 Å². The van der Waals surface area contributed by atoms with E-state index in [0.29, 0.717) is 43.6 Å². The van der Waals surface area contributed by atoms with Crippen molar-refractivity contribution in [2.24, 2.45) is 0 Å². The fourth-order valence-corrected chi connectivity index (χ4v) is 8.05. The number of aromatic nitrogens is 2. The Kier molecular flexibility index (Phi) is 9.10. The molecular formula is C49H49F6N3. The number of nitrogens with zero attached hydrogens (tertiary/aromatic N) is 3. The van der Waals surface area contributed by atoms with E-state index in [-0.39, 0.29) is 16.9 Å². The Bertz CT molecular complexity index is 2660. The number of hydrogen-bond acceptors (Lipinski definition) is 1. The Morgan fingerprint density at radius 2 is 0.707 bits per heavy atom. The number of alkyl halides is 6. The van der Waals surface area contributed by atoms with Crippen molar-refractivity contribution in [3.63, 3.8) is 0 Å². The molecule has 0 amide bonds. The second kappa shape index (κ2) is 12.9. The first-order valence-corrected chi connectivity index (χ1v) is 19.5. The van der Waals surface area contributed by atoms with Gasteiger partial charge in [0, 0.05) is 21.5 Å². The molecule has 0 N–H and O–H groups in total. The van der Waals surface area contributed by atoms with Crippen LogP contribution in [0.3, 0.4) is 0 Å². The van der Waals surface area contributed by atoms with E-state index in [1.807, 2.05) is 138 Å². The minimum atomic E-state index is -5.28. The van der Waals surface area contributed by atoms with Gasteiger partial charge >= 0.3 is 12.4 Å². The molecule has 7 aromatic rings. The van der Waals surface area contributed by atoms with Crippen LogP contribution in [0.1, 0.15) is 122 Å². The summed E-state index contributed by atoms with van der Waals surface area (Å²) in [4.78, 5) is 0. The van der Waals surface area contributed by atoms with Gasteiger partial charge in [-0.3, -0.25) is 0 Å². The highest BCUT2D eigenvalue weighted by atomic mass is 19.4. The molecule has 0 fully saturated rings. The number of fused-ring (bicyclic) bond motifs is 6. The van der Waals surface area contributed by atoms with Crippen LogP contribution < -0.4 is 0 Å². The monoisotopic (exact) mass is 793 g/mol. The third-order valence-electron chi connectivity index (χ3n) is 11.4. The Balaban J connectivity index is 1.78. The van der Waals surface area contributed by atoms with Crippen molar-refractivity contribution in [1.82, 2.24) is 9.13 Å². The summed E-state index contributed by atoms with van der Waals surface area (Å²) in [7, 11) is 0. The predicted molar refractivity (Wildman–Crippen MR) is 225 cm³/mol. The summed E-state index contributed by atoms with van der Waals surface area (Å²) in [6, 6.07) is 24.3. The zero-order valence-electron chi connectivity index (χ0n) is 35.1. The molecule has 0 saturated carbocycles. The molecule has 0 aliphatic rings. The second-order valence-electron chi connectivity index (χ2n) is 19.7. The first kappa shape index (κ1) is 40.9. The fourth-order valence-electron chi connectivity index (χ4n) is 8.05. The van der Waals surface area contributed by atoms with Gasteiger partial charge in [-0.15, -0.1) is 0 Å². The number of benzene rings is 5. The Morgan fingerprint density at radius 3 is 1.00 bits per heavy atom. The van der Waals surface area contributed by atoms with E-state index < -0.39 is 51.2 Å². The Labute approximate surface area is 335 Å². The molecule has 0 aliphatic carbocycles. The fraction of sp³-hybridized carbons (Fsp3) is 0.367. The maximum absolute atomic E-state index is 15.6. The van der Waals surface area contributed by atoms with Crippen molar-refractivity contribution in [2.75, 3.05) is 0 Å². The summed E-state index contributed by atoms with van der Waals surface area (Å²) in [5.74, 6) is 0. The van der Waals surface area contributed by atoms with Crippen LogP contribution in [0.15, 0.2) is 78.9 Å². The average Bonchev–Trinajstić information content (AvgIpc) is 3.59. The van der Waals surface area contributed by atoms with Gasteiger partial charge in [-0.25, -0.2) is 0 Å². The van der Waals surface area contributed by atoms with E-state index in [1.165, 1.54) is 9.13 Å². The topological polar surface area (TPSA) is 33.6 Å². The highest BCUT2D eigenvalue weighted by Crippen LogP contribution is 2.49. The smallest absolute Gasteiger partial charge is 0.307 e. The summed E-state index contributed by atoms with van der Waals surface area (Å²) >= 11 is 0. The van der Waals surface area contributed by atoms with Crippen molar-refractivity contribution in [2.45, 2.75) is 117 Å². The zero-order chi connectivity index (χ0) is 42.9. The molecule has 2 aromatic heterocycles. The minimum Gasteiger partial charge on any atom is -0.307 e. The van der Waals surface area contributed by atoms with E-state index in [1.54, 1.807) is 24.3 Å². The molecule has 0 radical (unpaired) electrons. The summed E-state index contributed by atoms with van der Waals surface area (Å²) in [5.41, 5.74) is -1.76. The van der Waals surface area contributed by atoms with E-state index >= 15 is 26.3 Å². The van der Waals surface area contributed by atoms with Crippen LogP contribution in [0.2, 0.25) is 0 Å². The lowest BCUT2D eigenvalue weighted by atomic mass is 9.85. The molecule has 5 aromatic carbocycles. The molecule has 3 nitrogen and oxygen atoms in total. The summed E-state index contributed by atoms with van der Waals surface area (Å²) < 4.78 is 96.6. The van der Waals surface area contributed by atoms with Crippen LogP contribution in [0, 0.1) is 11.3 Å². The molecular weight excluding hydrogens is 745 g/mol. The molecule has 7 rings (SSSR count). The van der Waals surface area contributed by atoms with Gasteiger partial charge < -0.3 is 9.13 Å². The third kappa shape index (κ3) is 6.72. The van der Waals surface area contributed by atoms with Crippen molar-refractivity contribution < 1.29 is 26.3 Å². The van der Waals surface area contributed by atoms with Crippen molar-refractivity contribution in [1.29, 1.82) is 5.26 Å². The normalized spacial score (nSPS) is 13.7. The number of halogens is 6. The third-order valence-corrected chi connectivity index (χ3v) is 11.4. The first-order valence-electron chi connectivity index (χ1n) is 19.5. The first-order chi connectivity index (χ1) is 26.5. The van der Waals surface area contributed by atoms with Crippen LogP contribution in [0.5, 0.6) is 0 Å². The van der Waals surface area contributed by atoms with E-state index in [0.717, 1.165) is 22.3 Å². The molecule has 0 saturated heterocycles. The summed E-state index contributed by atoms with van der Waals surface area (Å²) in [6.45, 7) is 24.1. The number of nitriles is 1. The van der Waals surface area contributed by atoms with Gasteiger partial charge in [0.2, 0.25) is 0 Å². The zero-order valence-corrected chi connectivity index (χ0v) is 35.1. The van der Waals surface area contributed by atoms with Crippen LogP contribution in [-0.2, 0) is 34.0 Å². The maximum atomic E-state index is 15.6. The van der Waals surface area contributed by atoms with Crippen molar-refractivity contribution >= 4 is 43.6 Å². The highest BCUT2D eigenvalue weighted by Gasteiger charge is 2.44. The van der Waals surface area contributed by atoms with Crippen LogP contribution in [0.25, 0.3) is 55.0 Å². The average molecular weight is 794 g/mol. The summed E-state index contributed by atoms with van der Waals surface area (Å²) in [6.07, 6.45) is -10.6. The van der Waals surface area contributed by atoms with Gasteiger partial charge in [0.1, 0.15) is 11.6 Å². The number of rotatable bonds is 2. The molecule has 0 spiro atoms.